The van der Waals surface area contributed by atoms with Gasteiger partial charge in [0.1, 0.15) is 6.04 Å². The molecule has 0 saturated carbocycles. The van der Waals surface area contributed by atoms with Gasteiger partial charge in [0.2, 0.25) is 11.8 Å². The number of nitrogens with zero attached hydrogens (tertiary/aromatic N) is 2. The lowest BCUT2D eigenvalue weighted by atomic mass is 9.77. The number of hydrogen-bond acceptors (Lipinski definition) is 4. The fourth-order valence-electron chi connectivity index (χ4n) is 3.98. The number of carbonyl (C=O) groups excluding carboxylic acids is 2. The molecule has 1 spiro atoms. The summed E-state index contributed by atoms with van der Waals surface area (Å²) in [5.41, 5.74) is 6.86. The molecule has 1 aromatic carbocycles. The van der Waals surface area contributed by atoms with Crippen molar-refractivity contribution in [2.24, 2.45) is 11.1 Å². The van der Waals surface area contributed by atoms with E-state index in [1.54, 1.807) is 4.90 Å². The van der Waals surface area contributed by atoms with E-state index in [1.165, 1.54) is 6.92 Å². The maximum Gasteiger partial charge on any atom is 0.242 e. The summed E-state index contributed by atoms with van der Waals surface area (Å²) >= 11 is 0. The summed E-state index contributed by atoms with van der Waals surface area (Å²) in [7, 11) is 0. The van der Waals surface area contributed by atoms with Crippen LogP contribution in [0.25, 0.3) is 6.08 Å². The third-order valence-electron chi connectivity index (χ3n) is 5.78. The van der Waals surface area contributed by atoms with Crippen molar-refractivity contribution < 1.29 is 14.7 Å². The number of piperidine rings is 1. The monoisotopic (exact) mass is 371 g/mol. The zero-order valence-corrected chi connectivity index (χ0v) is 15.9. The van der Waals surface area contributed by atoms with E-state index in [1.807, 2.05) is 47.4 Å². The maximum absolute atomic E-state index is 12.5. The van der Waals surface area contributed by atoms with Crippen molar-refractivity contribution in [1.82, 2.24) is 9.80 Å². The van der Waals surface area contributed by atoms with Crippen LogP contribution in [0.2, 0.25) is 0 Å². The number of amides is 2. The van der Waals surface area contributed by atoms with Crippen molar-refractivity contribution in [2.45, 2.75) is 38.3 Å². The number of benzene rings is 1. The van der Waals surface area contributed by atoms with Crippen LogP contribution in [0.15, 0.2) is 36.4 Å². The van der Waals surface area contributed by atoms with Crippen LogP contribution < -0.4 is 5.73 Å². The van der Waals surface area contributed by atoms with Crippen LogP contribution in [-0.2, 0) is 9.59 Å². The molecule has 6 heteroatoms. The van der Waals surface area contributed by atoms with E-state index in [-0.39, 0.29) is 17.2 Å². The van der Waals surface area contributed by atoms with Gasteiger partial charge >= 0.3 is 0 Å². The standard InChI is InChI=1S/C21H29N3O3/c1-16(25)19(22)20(27)23-12-9-21(10-13-23)14-18(26)24(15-21)11-5-8-17-6-3-2-4-7-17/h2-8,16,19,25H,9-15,22H2,1H3/b8-5+/t16-,19+/m1/s1. The summed E-state index contributed by atoms with van der Waals surface area (Å²) in [6.07, 6.45) is 5.37. The van der Waals surface area contributed by atoms with Crippen molar-refractivity contribution in [1.29, 1.82) is 0 Å². The molecule has 0 aromatic heterocycles. The zero-order chi connectivity index (χ0) is 19.4. The van der Waals surface area contributed by atoms with Gasteiger partial charge in [-0.1, -0.05) is 42.5 Å². The lowest BCUT2D eigenvalue weighted by Crippen LogP contribution is -2.53. The van der Waals surface area contributed by atoms with Crippen molar-refractivity contribution in [3.05, 3.63) is 42.0 Å². The molecule has 2 amide bonds. The van der Waals surface area contributed by atoms with Gasteiger partial charge in [0.05, 0.1) is 6.10 Å². The Bertz CT molecular complexity index is 694. The smallest absolute Gasteiger partial charge is 0.242 e. The van der Waals surface area contributed by atoms with Gasteiger partial charge in [0, 0.05) is 38.0 Å². The minimum absolute atomic E-state index is 0.0383. The Kier molecular flexibility index (Phi) is 5.97. The molecule has 3 N–H and O–H groups in total. The van der Waals surface area contributed by atoms with Crippen LogP contribution in [0.1, 0.15) is 31.7 Å². The molecule has 0 aliphatic carbocycles. The Balaban J connectivity index is 1.53. The molecule has 2 saturated heterocycles. The minimum Gasteiger partial charge on any atom is -0.391 e. The summed E-state index contributed by atoms with van der Waals surface area (Å²) in [5, 5.41) is 9.53. The molecule has 27 heavy (non-hydrogen) atoms. The summed E-state index contributed by atoms with van der Waals surface area (Å²) in [4.78, 5) is 28.4. The van der Waals surface area contributed by atoms with Crippen LogP contribution in [0.5, 0.6) is 0 Å². The van der Waals surface area contributed by atoms with Crippen LogP contribution in [0.3, 0.4) is 0 Å². The number of carbonyl (C=O) groups is 2. The van der Waals surface area contributed by atoms with E-state index in [4.69, 9.17) is 5.73 Å². The second-order valence-corrected chi connectivity index (χ2v) is 7.86. The normalized spacial score (nSPS) is 21.8. The van der Waals surface area contributed by atoms with E-state index in [0.29, 0.717) is 26.1 Å². The van der Waals surface area contributed by atoms with Gasteiger partial charge in [0.25, 0.3) is 0 Å². The first-order valence-electron chi connectivity index (χ1n) is 9.62. The highest BCUT2D eigenvalue weighted by Gasteiger charge is 2.45. The molecule has 146 valence electrons. The van der Waals surface area contributed by atoms with E-state index >= 15 is 0 Å². The average molecular weight is 371 g/mol. The zero-order valence-electron chi connectivity index (χ0n) is 15.9. The largest absolute Gasteiger partial charge is 0.391 e. The topological polar surface area (TPSA) is 86.9 Å². The van der Waals surface area contributed by atoms with Crippen LogP contribution in [-0.4, -0.2) is 65.0 Å². The third kappa shape index (κ3) is 4.57. The van der Waals surface area contributed by atoms with Crippen LogP contribution in [0.4, 0.5) is 0 Å². The molecule has 3 rings (SSSR count). The lowest BCUT2D eigenvalue weighted by molar-refractivity contribution is -0.137. The van der Waals surface area contributed by atoms with Gasteiger partial charge in [-0.05, 0) is 25.3 Å². The Morgan fingerprint density at radius 2 is 1.96 bits per heavy atom. The number of rotatable bonds is 5. The molecular formula is C21H29N3O3. The predicted molar refractivity (Wildman–Crippen MR) is 105 cm³/mol. The summed E-state index contributed by atoms with van der Waals surface area (Å²) in [6, 6.07) is 9.17. The van der Waals surface area contributed by atoms with Crippen molar-refractivity contribution in [3.63, 3.8) is 0 Å². The molecule has 0 bridgehead atoms. The number of aliphatic hydroxyl groups is 1. The van der Waals surface area contributed by atoms with Crippen molar-refractivity contribution in [2.75, 3.05) is 26.2 Å². The molecule has 1 aromatic rings. The van der Waals surface area contributed by atoms with Gasteiger partial charge in [-0.25, -0.2) is 0 Å². The van der Waals surface area contributed by atoms with E-state index < -0.39 is 12.1 Å². The van der Waals surface area contributed by atoms with E-state index in [2.05, 4.69) is 0 Å². The Morgan fingerprint density at radius 3 is 2.59 bits per heavy atom. The number of aliphatic hydroxyl groups excluding tert-OH is 1. The molecule has 0 radical (unpaired) electrons. The molecule has 2 aliphatic heterocycles. The average Bonchev–Trinajstić information content (AvgIpc) is 2.97. The summed E-state index contributed by atoms with van der Waals surface area (Å²) in [5.74, 6) is -0.0139. The van der Waals surface area contributed by atoms with Gasteiger partial charge in [-0.3, -0.25) is 9.59 Å². The first kappa shape index (κ1) is 19.6. The second kappa shape index (κ2) is 8.23. The van der Waals surface area contributed by atoms with Crippen molar-refractivity contribution >= 4 is 17.9 Å². The number of likely N-dealkylation sites (tertiary alicyclic amines) is 2. The SMILES string of the molecule is C[C@@H](O)[C@H](N)C(=O)N1CCC2(CC1)CC(=O)N(C/C=C/c1ccccc1)C2. The highest BCUT2D eigenvalue weighted by molar-refractivity contribution is 5.83. The first-order chi connectivity index (χ1) is 12.9. The predicted octanol–water partition coefficient (Wildman–Crippen LogP) is 1.25. The van der Waals surface area contributed by atoms with Crippen molar-refractivity contribution in [3.8, 4) is 0 Å². The van der Waals surface area contributed by atoms with E-state index in [9.17, 15) is 14.7 Å². The van der Waals surface area contributed by atoms with Gasteiger partial charge < -0.3 is 20.6 Å². The molecule has 2 heterocycles. The fourth-order valence-corrected chi connectivity index (χ4v) is 3.98. The molecule has 2 atom stereocenters. The molecule has 6 nitrogen and oxygen atoms in total. The maximum atomic E-state index is 12.5. The highest BCUT2D eigenvalue weighted by Crippen LogP contribution is 2.41. The highest BCUT2D eigenvalue weighted by atomic mass is 16.3. The lowest BCUT2D eigenvalue weighted by Gasteiger charge is -2.39. The summed E-state index contributed by atoms with van der Waals surface area (Å²) in [6.45, 7) is 4.09. The first-order valence-corrected chi connectivity index (χ1v) is 9.62. The molecular weight excluding hydrogens is 342 g/mol. The Hall–Kier alpha value is -2.18. The second-order valence-electron chi connectivity index (χ2n) is 7.86. The molecule has 2 fully saturated rings. The van der Waals surface area contributed by atoms with Crippen LogP contribution in [0, 0.1) is 5.41 Å². The van der Waals surface area contributed by atoms with Gasteiger partial charge in [0.15, 0.2) is 0 Å². The molecule has 0 unspecified atom stereocenters. The Labute approximate surface area is 160 Å². The van der Waals surface area contributed by atoms with Gasteiger partial charge in [-0.15, -0.1) is 0 Å². The number of hydrogen-bond donors (Lipinski definition) is 2. The quantitative estimate of drug-likeness (QED) is 0.816. The third-order valence-corrected chi connectivity index (χ3v) is 5.78. The Morgan fingerprint density at radius 1 is 1.30 bits per heavy atom. The fraction of sp³-hybridized carbons (Fsp3) is 0.524. The molecule has 2 aliphatic rings. The number of nitrogens with two attached hydrogens (primary N) is 1. The van der Waals surface area contributed by atoms with E-state index in [0.717, 1.165) is 24.9 Å². The summed E-state index contributed by atoms with van der Waals surface area (Å²) < 4.78 is 0. The van der Waals surface area contributed by atoms with Crippen LogP contribution >= 0.6 is 0 Å². The minimum atomic E-state index is -0.871. The van der Waals surface area contributed by atoms with Gasteiger partial charge in [-0.2, -0.15) is 0 Å².